The van der Waals surface area contributed by atoms with Gasteiger partial charge in [-0.05, 0) is 11.6 Å². The largest absolute Gasteiger partial charge is 0.329 e. The number of nitrogens with two attached hydrogens (primary N) is 1. The van der Waals surface area contributed by atoms with Crippen molar-refractivity contribution in [1.29, 1.82) is 0 Å². The minimum Gasteiger partial charge on any atom is -0.329 e. The van der Waals surface area contributed by atoms with Crippen LogP contribution in [0.2, 0.25) is 0 Å². The standard InChI is InChI=1S/C14H20N6O2/c15-3-4-18-5-7-19(8-6-18)9-11-1-2-12(20(21)22)14-13(11)16-10-17-14/h1-2H,3-10,15H2. The Morgan fingerprint density at radius 1 is 1.14 bits per heavy atom. The van der Waals surface area contributed by atoms with E-state index < -0.39 is 4.92 Å². The number of benzene rings is 1. The van der Waals surface area contributed by atoms with E-state index in [2.05, 4.69) is 19.8 Å². The van der Waals surface area contributed by atoms with Gasteiger partial charge in [0.15, 0.2) is 5.36 Å². The second-order valence-corrected chi connectivity index (χ2v) is 5.56. The second-order valence-electron chi connectivity index (χ2n) is 5.56. The summed E-state index contributed by atoms with van der Waals surface area (Å²) in [6, 6.07) is 3.36. The first kappa shape index (κ1) is 15.0. The molecular weight excluding hydrogens is 284 g/mol. The van der Waals surface area contributed by atoms with Crippen molar-refractivity contribution in [3.8, 4) is 0 Å². The second kappa shape index (κ2) is 6.47. The Bertz CT molecular complexity index is 681. The van der Waals surface area contributed by atoms with Crippen LogP contribution in [-0.2, 0) is 6.54 Å². The fourth-order valence-electron chi connectivity index (χ4n) is 2.99. The lowest BCUT2D eigenvalue weighted by Crippen LogP contribution is -2.48. The van der Waals surface area contributed by atoms with Gasteiger partial charge in [-0.2, -0.15) is 0 Å². The SMILES string of the molecule is NCCN1CCN(Cc2ccc([N+](=O)[O-])c3c2=NCN=3)CC1. The van der Waals surface area contributed by atoms with E-state index in [4.69, 9.17) is 5.73 Å². The molecule has 22 heavy (non-hydrogen) atoms. The first-order chi connectivity index (χ1) is 10.7. The lowest BCUT2D eigenvalue weighted by molar-refractivity contribution is -0.386. The quantitative estimate of drug-likeness (QED) is 0.549. The van der Waals surface area contributed by atoms with Crippen molar-refractivity contribution in [2.45, 2.75) is 6.54 Å². The maximum Gasteiger partial charge on any atom is 0.296 e. The molecule has 1 aromatic rings. The van der Waals surface area contributed by atoms with Crippen LogP contribution in [0.15, 0.2) is 22.1 Å². The number of nitro groups is 1. The lowest BCUT2D eigenvalue weighted by Gasteiger charge is -2.34. The zero-order chi connectivity index (χ0) is 15.5. The molecule has 0 radical (unpaired) electrons. The highest BCUT2D eigenvalue weighted by atomic mass is 16.6. The predicted molar refractivity (Wildman–Crippen MR) is 81.0 cm³/mol. The Balaban J connectivity index is 1.74. The molecule has 1 fully saturated rings. The molecule has 1 aromatic carbocycles. The van der Waals surface area contributed by atoms with Crippen molar-refractivity contribution in [1.82, 2.24) is 9.80 Å². The van der Waals surface area contributed by atoms with Gasteiger partial charge in [0.25, 0.3) is 5.69 Å². The van der Waals surface area contributed by atoms with E-state index in [1.165, 1.54) is 0 Å². The van der Waals surface area contributed by atoms with Crippen molar-refractivity contribution in [2.75, 3.05) is 45.9 Å². The molecular formula is C14H20N6O2. The molecule has 118 valence electrons. The summed E-state index contributed by atoms with van der Waals surface area (Å²) in [6.07, 6.45) is 0. The Kier molecular flexibility index (Phi) is 4.41. The summed E-state index contributed by atoms with van der Waals surface area (Å²) < 4.78 is 0. The number of nitrogens with zero attached hydrogens (tertiary/aromatic N) is 5. The molecule has 2 aliphatic heterocycles. The van der Waals surface area contributed by atoms with E-state index in [-0.39, 0.29) is 12.4 Å². The van der Waals surface area contributed by atoms with Crippen LogP contribution in [-0.4, -0.2) is 60.7 Å². The molecule has 8 nitrogen and oxygen atoms in total. The van der Waals surface area contributed by atoms with Crippen molar-refractivity contribution in [3.63, 3.8) is 0 Å². The minimum absolute atomic E-state index is 0.0489. The highest BCUT2D eigenvalue weighted by Crippen LogP contribution is 2.09. The van der Waals surface area contributed by atoms with Crippen LogP contribution < -0.4 is 16.4 Å². The van der Waals surface area contributed by atoms with Gasteiger partial charge in [-0.1, -0.05) is 0 Å². The molecule has 0 aromatic heterocycles. The molecule has 0 aliphatic carbocycles. The third-order valence-corrected chi connectivity index (χ3v) is 4.17. The van der Waals surface area contributed by atoms with E-state index in [1.54, 1.807) is 6.07 Å². The summed E-state index contributed by atoms with van der Waals surface area (Å²) in [7, 11) is 0. The van der Waals surface area contributed by atoms with E-state index in [1.807, 2.05) is 6.07 Å². The zero-order valence-corrected chi connectivity index (χ0v) is 12.4. The number of rotatable bonds is 5. The Morgan fingerprint density at radius 2 is 1.82 bits per heavy atom. The van der Waals surface area contributed by atoms with Gasteiger partial charge in [0, 0.05) is 51.9 Å². The van der Waals surface area contributed by atoms with Gasteiger partial charge in [0.05, 0.1) is 10.3 Å². The number of hydrogen-bond donors (Lipinski definition) is 1. The fraction of sp³-hybridized carbons (Fsp3) is 0.571. The number of hydrogen-bond acceptors (Lipinski definition) is 7. The monoisotopic (exact) mass is 304 g/mol. The normalized spacial score (nSPS) is 18.6. The number of nitro benzene ring substituents is 1. The van der Waals surface area contributed by atoms with Crippen LogP contribution in [0.1, 0.15) is 5.56 Å². The van der Waals surface area contributed by atoms with Crippen molar-refractivity contribution >= 4 is 5.69 Å². The average molecular weight is 304 g/mol. The first-order valence-electron chi connectivity index (χ1n) is 7.49. The maximum atomic E-state index is 11.0. The molecule has 0 atom stereocenters. The third-order valence-electron chi connectivity index (χ3n) is 4.17. The molecule has 8 heteroatoms. The van der Waals surface area contributed by atoms with Gasteiger partial charge in [0.2, 0.25) is 0 Å². The molecule has 2 N–H and O–H groups in total. The Morgan fingerprint density at radius 3 is 2.50 bits per heavy atom. The van der Waals surface area contributed by atoms with Gasteiger partial charge >= 0.3 is 0 Å². The van der Waals surface area contributed by atoms with Gasteiger partial charge in [-0.15, -0.1) is 0 Å². The summed E-state index contributed by atoms with van der Waals surface area (Å²) in [4.78, 5) is 23.8. The summed E-state index contributed by atoms with van der Waals surface area (Å²) in [6.45, 7) is 6.64. The van der Waals surface area contributed by atoms with Crippen LogP contribution in [0.5, 0.6) is 0 Å². The summed E-state index contributed by atoms with van der Waals surface area (Å²) in [5, 5.41) is 12.2. The van der Waals surface area contributed by atoms with Crippen molar-refractivity contribution < 1.29 is 4.92 Å². The predicted octanol–water partition coefficient (Wildman–Crippen LogP) is -1.12. The highest BCUT2D eigenvalue weighted by molar-refractivity contribution is 5.33. The van der Waals surface area contributed by atoms with E-state index in [0.29, 0.717) is 17.3 Å². The molecule has 3 rings (SSSR count). The van der Waals surface area contributed by atoms with Crippen LogP contribution in [0.25, 0.3) is 0 Å². The Labute approximate surface area is 128 Å². The smallest absolute Gasteiger partial charge is 0.296 e. The van der Waals surface area contributed by atoms with Gasteiger partial charge in [0.1, 0.15) is 6.67 Å². The van der Waals surface area contributed by atoms with Crippen LogP contribution >= 0.6 is 0 Å². The minimum atomic E-state index is -0.390. The summed E-state index contributed by atoms with van der Waals surface area (Å²) in [5.74, 6) is 0. The highest BCUT2D eigenvalue weighted by Gasteiger charge is 2.20. The molecule has 2 aliphatic rings. The van der Waals surface area contributed by atoms with E-state index in [9.17, 15) is 10.1 Å². The molecule has 0 saturated carbocycles. The molecule has 1 saturated heterocycles. The lowest BCUT2D eigenvalue weighted by atomic mass is 10.1. The van der Waals surface area contributed by atoms with Crippen molar-refractivity contribution in [3.05, 3.63) is 38.5 Å². The average Bonchev–Trinajstić information content (AvgIpc) is 2.99. The Hall–Kier alpha value is -1.90. The number of non-ortho nitro benzene ring substituents is 1. The van der Waals surface area contributed by atoms with Crippen LogP contribution in [0.3, 0.4) is 0 Å². The number of fused-ring (bicyclic) bond motifs is 1. The van der Waals surface area contributed by atoms with Crippen LogP contribution in [0.4, 0.5) is 5.69 Å². The third kappa shape index (κ3) is 2.99. The molecule has 0 amide bonds. The van der Waals surface area contributed by atoms with Gasteiger partial charge in [-0.25, -0.2) is 0 Å². The van der Waals surface area contributed by atoms with Crippen molar-refractivity contribution in [2.24, 2.45) is 15.7 Å². The topological polar surface area (TPSA) is 100 Å². The molecule has 0 unspecified atom stereocenters. The maximum absolute atomic E-state index is 11.0. The molecule has 0 bridgehead atoms. The fourth-order valence-corrected chi connectivity index (χ4v) is 2.99. The van der Waals surface area contributed by atoms with Gasteiger partial charge in [-0.3, -0.25) is 29.9 Å². The zero-order valence-electron chi connectivity index (χ0n) is 12.4. The summed E-state index contributed by atoms with van der Waals surface area (Å²) >= 11 is 0. The number of piperazine rings is 1. The first-order valence-corrected chi connectivity index (χ1v) is 7.49. The van der Waals surface area contributed by atoms with E-state index in [0.717, 1.165) is 44.8 Å². The van der Waals surface area contributed by atoms with Gasteiger partial charge < -0.3 is 5.73 Å². The molecule has 0 spiro atoms. The van der Waals surface area contributed by atoms with E-state index >= 15 is 0 Å². The summed E-state index contributed by atoms with van der Waals surface area (Å²) in [5.41, 5.74) is 6.66. The van der Waals surface area contributed by atoms with Crippen LogP contribution in [0, 0.1) is 10.1 Å². The molecule has 2 heterocycles.